The van der Waals surface area contributed by atoms with Crippen LogP contribution in [0.3, 0.4) is 0 Å². The minimum absolute atomic E-state index is 0.0942. The summed E-state index contributed by atoms with van der Waals surface area (Å²) in [5, 5.41) is 2.97. The van der Waals surface area contributed by atoms with Gasteiger partial charge in [-0.15, -0.1) is 0 Å². The molecule has 0 aliphatic carbocycles. The van der Waals surface area contributed by atoms with Crippen LogP contribution in [0.4, 0.5) is 0 Å². The van der Waals surface area contributed by atoms with E-state index in [9.17, 15) is 4.79 Å². The van der Waals surface area contributed by atoms with Gasteiger partial charge < -0.3 is 10.2 Å². The summed E-state index contributed by atoms with van der Waals surface area (Å²) in [6.07, 6.45) is 2.16. The Bertz CT molecular complexity index is 170. The van der Waals surface area contributed by atoms with Crippen LogP contribution >= 0.6 is 0 Å². The first-order valence-corrected chi connectivity index (χ1v) is 4.57. The van der Waals surface area contributed by atoms with Gasteiger partial charge in [-0.2, -0.15) is 0 Å². The third-order valence-corrected chi connectivity index (χ3v) is 2.62. The van der Waals surface area contributed by atoms with E-state index in [4.69, 9.17) is 0 Å². The van der Waals surface area contributed by atoms with Crippen LogP contribution in [0, 0.1) is 0 Å². The maximum atomic E-state index is 10.8. The molecule has 3 nitrogen and oxygen atoms in total. The summed E-state index contributed by atoms with van der Waals surface area (Å²) in [7, 11) is 2.13. The van der Waals surface area contributed by atoms with Gasteiger partial charge in [0.1, 0.15) is 0 Å². The SMILES string of the molecule is CC(=O)N[C@@H]1CCN(C)[C@@H](C)C1. The van der Waals surface area contributed by atoms with Gasteiger partial charge in [0.2, 0.25) is 5.91 Å². The molecule has 1 amide bonds. The van der Waals surface area contributed by atoms with Crippen molar-refractivity contribution >= 4 is 5.91 Å². The smallest absolute Gasteiger partial charge is 0.217 e. The van der Waals surface area contributed by atoms with Crippen molar-refractivity contribution in [2.45, 2.75) is 38.8 Å². The van der Waals surface area contributed by atoms with Crippen LogP contribution in [0.5, 0.6) is 0 Å². The van der Waals surface area contributed by atoms with E-state index in [1.54, 1.807) is 6.92 Å². The first-order valence-electron chi connectivity index (χ1n) is 4.57. The zero-order chi connectivity index (χ0) is 9.14. The van der Waals surface area contributed by atoms with Gasteiger partial charge in [-0.05, 0) is 26.8 Å². The lowest BCUT2D eigenvalue weighted by Gasteiger charge is -2.35. The fraction of sp³-hybridized carbons (Fsp3) is 0.889. The summed E-state index contributed by atoms with van der Waals surface area (Å²) in [5.74, 6) is 0.0942. The lowest BCUT2D eigenvalue weighted by Crippen LogP contribution is -2.46. The normalized spacial score (nSPS) is 31.6. The van der Waals surface area contributed by atoms with Crippen LogP contribution in [-0.2, 0) is 4.79 Å². The number of likely N-dealkylation sites (tertiary alicyclic amines) is 1. The maximum Gasteiger partial charge on any atom is 0.217 e. The molecule has 3 heteroatoms. The van der Waals surface area contributed by atoms with Gasteiger partial charge in [-0.1, -0.05) is 0 Å². The minimum atomic E-state index is 0.0942. The summed E-state index contributed by atoms with van der Waals surface area (Å²) in [6, 6.07) is 0.990. The first-order chi connectivity index (χ1) is 5.59. The number of amides is 1. The zero-order valence-corrected chi connectivity index (χ0v) is 8.13. The number of nitrogens with one attached hydrogen (secondary N) is 1. The number of hydrogen-bond donors (Lipinski definition) is 1. The van der Waals surface area contributed by atoms with Gasteiger partial charge in [-0.3, -0.25) is 4.79 Å². The van der Waals surface area contributed by atoms with Crippen molar-refractivity contribution in [2.75, 3.05) is 13.6 Å². The summed E-state index contributed by atoms with van der Waals surface area (Å²) < 4.78 is 0. The van der Waals surface area contributed by atoms with E-state index >= 15 is 0 Å². The van der Waals surface area contributed by atoms with Crippen LogP contribution in [0.2, 0.25) is 0 Å². The molecular formula is C9H18N2O. The third kappa shape index (κ3) is 2.48. The molecule has 0 unspecified atom stereocenters. The molecule has 1 rings (SSSR count). The van der Waals surface area contributed by atoms with Crippen LogP contribution in [0.15, 0.2) is 0 Å². The van der Waals surface area contributed by atoms with Crippen molar-refractivity contribution in [1.29, 1.82) is 0 Å². The molecule has 0 aromatic carbocycles. The molecule has 12 heavy (non-hydrogen) atoms. The van der Waals surface area contributed by atoms with E-state index in [0.29, 0.717) is 12.1 Å². The zero-order valence-electron chi connectivity index (χ0n) is 8.13. The quantitative estimate of drug-likeness (QED) is 0.625. The van der Waals surface area contributed by atoms with E-state index in [1.165, 1.54) is 0 Å². The summed E-state index contributed by atoms with van der Waals surface area (Å²) >= 11 is 0. The molecule has 1 fully saturated rings. The van der Waals surface area contributed by atoms with Gasteiger partial charge in [-0.25, -0.2) is 0 Å². The predicted octanol–water partition coefficient (Wildman–Crippen LogP) is 0.605. The monoisotopic (exact) mass is 170 g/mol. The van der Waals surface area contributed by atoms with Gasteiger partial charge in [0.15, 0.2) is 0 Å². The minimum Gasteiger partial charge on any atom is -0.354 e. The molecule has 1 saturated heterocycles. The Morgan fingerprint density at radius 2 is 2.25 bits per heavy atom. The molecule has 1 aliphatic heterocycles. The standard InChI is InChI=1S/C9H18N2O/c1-7-6-9(10-8(2)12)4-5-11(7)3/h7,9H,4-6H2,1-3H3,(H,10,12)/t7-,9+/m0/s1. The van der Waals surface area contributed by atoms with Crippen molar-refractivity contribution in [2.24, 2.45) is 0 Å². The van der Waals surface area contributed by atoms with Crippen molar-refractivity contribution in [3.8, 4) is 0 Å². The number of rotatable bonds is 1. The first kappa shape index (κ1) is 9.52. The number of nitrogens with zero attached hydrogens (tertiary/aromatic N) is 1. The Morgan fingerprint density at radius 1 is 1.58 bits per heavy atom. The summed E-state index contributed by atoms with van der Waals surface area (Å²) in [6.45, 7) is 4.88. The lowest BCUT2D eigenvalue weighted by atomic mass is 9.99. The lowest BCUT2D eigenvalue weighted by molar-refractivity contribution is -0.120. The molecule has 0 saturated carbocycles. The Balaban J connectivity index is 2.35. The second-order valence-corrected chi connectivity index (χ2v) is 3.75. The van der Waals surface area contributed by atoms with Crippen LogP contribution < -0.4 is 5.32 Å². The van der Waals surface area contributed by atoms with Crippen molar-refractivity contribution < 1.29 is 4.79 Å². The average Bonchev–Trinajstić information content (AvgIpc) is 1.96. The fourth-order valence-electron chi connectivity index (χ4n) is 1.71. The van der Waals surface area contributed by atoms with Crippen molar-refractivity contribution in [1.82, 2.24) is 10.2 Å². The molecule has 0 spiro atoms. The topological polar surface area (TPSA) is 32.3 Å². The maximum absolute atomic E-state index is 10.8. The van der Waals surface area contributed by atoms with Crippen molar-refractivity contribution in [3.63, 3.8) is 0 Å². The number of hydrogen-bond acceptors (Lipinski definition) is 2. The number of piperidine rings is 1. The molecule has 2 atom stereocenters. The summed E-state index contributed by atoms with van der Waals surface area (Å²) in [5.41, 5.74) is 0. The van der Waals surface area contributed by atoms with Crippen LogP contribution in [0.1, 0.15) is 26.7 Å². The second kappa shape index (κ2) is 3.90. The molecule has 0 bridgehead atoms. The number of carbonyl (C=O) groups is 1. The molecular weight excluding hydrogens is 152 g/mol. The molecule has 0 aromatic rings. The second-order valence-electron chi connectivity index (χ2n) is 3.75. The van der Waals surface area contributed by atoms with E-state index < -0.39 is 0 Å². The highest BCUT2D eigenvalue weighted by Crippen LogP contribution is 2.14. The Morgan fingerprint density at radius 3 is 2.75 bits per heavy atom. The average molecular weight is 170 g/mol. The van der Waals surface area contributed by atoms with Gasteiger partial charge in [0, 0.05) is 25.6 Å². The highest BCUT2D eigenvalue weighted by atomic mass is 16.1. The molecule has 1 aliphatic rings. The third-order valence-electron chi connectivity index (χ3n) is 2.62. The largest absolute Gasteiger partial charge is 0.354 e. The Labute approximate surface area is 74.1 Å². The van der Waals surface area contributed by atoms with Gasteiger partial charge in [0.05, 0.1) is 0 Å². The predicted molar refractivity (Wildman–Crippen MR) is 48.9 cm³/mol. The van der Waals surface area contributed by atoms with E-state index in [2.05, 4.69) is 24.2 Å². The Kier molecular flexibility index (Phi) is 3.09. The Hall–Kier alpha value is -0.570. The van der Waals surface area contributed by atoms with Crippen molar-refractivity contribution in [3.05, 3.63) is 0 Å². The highest BCUT2D eigenvalue weighted by Gasteiger charge is 2.22. The molecule has 1 heterocycles. The molecule has 0 radical (unpaired) electrons. The van der Waals surface area contributed by atoms with E-state index in [1.807, 2.05) is 0 Å². The molecule has 0 aromatic heterocycles. The fourth-order valence-corrected chi connectivity index (χ4v) is 1.71. The van der Waals surface area contributed by atoms with Crippen LogP contribution in [-0.4, -0.2) is 36.5 Å². The van der Waals surface area contributed by atoms with Gasteiger partial charge in [0.25, 0.3) is 0 Å². The van der Waals surface area contributed by atoms with Crippen LogP contribution in [0.25, 0.3) is 0 Å². The summed E-state index contributed by atoms with van der Waals surface area (Å²) in [4.78, 5) is 13.1. The molecule has 1 N–H and O–H groups in total. The van der Waals surface area contributed by atoms with E-state index in [-0.39, 0.29) is 5.91 Å². The number of carbonyl (C=O) groups excluding carboxylic acids is 1. The molecule has 70 valence electrons. The van der Waals surface area contributed by atoms with Gasteiger partial charge >= 0.3 is 0 Å². The van der Waals surface area contributed by atoms with E-state index in [0.717, 1.165) is 19.4 Å². The highest BCUT2D eigenvalue weighted by molar-refractivity contribution is 5.73.